The molecular formula is C15H13NO3. The van der Waals surface area contributed by atoms with Crippen molar-refractivity contribution in [3.05, 3.63) is 60.1 Å². The molecule has 4 heteroatoms. The van der Waals surface area contributed by atoms with Crippen LogP contribution in [0.4, 0.5) is 0 Å². The smallest absolute Gasteiger partial charge is 0.143 e. The number of aliphatic hydroxyl groups is 1. The molecule has 0 aliphatic heterocycles. The standard InChI is InChI=1S/C15H13NO3/c1-18-14-9-16-7-6-11(14)15(17)13-8-10-4-2-3-5-12(10)19-13/h2-9,15,17H,1H3. The summed E-state index contributed by atoms with van der Waals surface area (Å²) < 4.78 is 10.9. The summed E-state index contributed by atoms with van der Waals surface area (Å²) >= 11 is 0. The number of ether oxygens (including phenoxy) is 1. The van der Waals surface area contributed by atoms with Gasteiger partial charge in [-0.2, -0.15) is 0 Å². The van der Waals surface area contributed by atoms with Crippen molar-refractivity contribution >= 4 is 11.0 Å². The highest BCUT2D eigenvalue weighted by Gasteiger charge is 2.19. The van der Waals surface area contributed by atoms with E-state index in [4.69, 9.17) is 9.15 Å². The van der Waals surface area contributed by atoms with Gasteiger partial charge in [0.05, 0.1) is 13.3 Å². The van der Waals surface area contributed by atoms with E-state index in [0.29, 0.717) is 17.1 Å². The Balaban J connectivity index is 2.05. The first-order valence-electron chi connectivity index (χ1n) is 5.94. The molecule has 1 atom stereocenters. The zero-order valence-corrected chi connectivity index (χ0v) is 10.4. The van der Waals surface area contributed by atoms with Gasteiger partial charge in [-0.25, -0.2) is 0 Å². The van der Waals surface area contributed by atoms with E-state index in [2.05, 4.69) is 4.98 Å². The van der Waals surface area contributed by atoms with Crippen molar-refractivity contribution in [2.24, 2.45) is 0 Å². The Kier molecular flexibility index (Phi) is 2.93. The zero-order valence-electron chi connectivity index (χ0n) is 10.4. The number of methoxy groups -OCH3 is 1. The van der Waals surface area contributed by atoms with E-state index in [1.807, 2.05) is 30.3 Å². The Bertz CT molecular complexity index is 672. The van der Waals surface area contributed by atoms with Crippen LogP contribution in [-0.4, -0.2) is 17.2 Å². The molecule has 0 aliphatic carbocycles. The summed E-state index contributed by atoms with van der Waals surface area (Å²) in [5, 5.41) is 11.4. The predicted octanol–water partition coefficient (Wildman–Crippen LogP) is 2.92. The fourth-order valence-corrected chi connectivity index (χ4v) is 2.08. The van der Waals surface area contributed by atoms with Crippen LogP contribution in [0.1, 0.15) is 17.4 Å². The lowest BCUT2D eigenvalue weighted by Crippen LogP contribution is -2.01. The van der Waals surface area contributed by atoms with Crippen molar-refractivity contribution in [2.45, 2.75) is 6.10 Å². The lowest BCUT2D eigenvalue weighted by atomic mass is 10.1. The Hall–Kier alpha value is -2.33. The zero-order chi connectivity index (χ0) is 13.2. The highest BCUT2D eigenvalue weighted by atomic mass is 16.5. The first-order valence-corrected chi connectivity index (χ1v) is 5.94. The number of nitrogens with zero attached hydrogens (tertiary/aromatic N) is 1. The number of hydrogen-bond acceptors (Lipinski definition) is 4. The van der Waals surface area contributed by atoms with Crippen LogP contribution in [0.5, 0.6) is 5.75 Å². The second-order valence-corrected chi connectivity index (χ2v) is 4.21. The van der Waals surface area contributed by atoms with Crippen molar-refractivity contribution in [1.29, 1.82) is 0 Å². The van der Waals surface area contributed by atoms with E-state index in [0.717, 1.165) is 11.0 Å². The molecule has 2 heterocycles. The highest BCUT2D eigenvalue weighted by molar-refractivity contribution is 5.77. The SMILES string of the molecule is COc1cnccc1C(O)c1cc2ccccc2o1. The Morgan fingerprint density at radius 2 is 2.11 bits per heavy atom. The van der Waals surface area contributed by atoms with Crippen molar-refractivity contribution in [1.82, 2.24) is 4.98 Å². The fourth-order valence-electron chi connectivity index (χ4n) is 2.08. The Morgan fingerprint density at radius 3 is 2.89 bits per heavy atom. The van der Waals surface area contributed by atoms with Crippen LogP contribution in [-0.2, 0) is 0 Å². The molecular weight excluding hydrogens is 242 g/mol. The van der Waals surface area contributed by atoms with Gasteiger partial charge in [0.2, 0.25) is 0 Å². The predicted molar refractivity (Wildman–Crippen MR) is 71.1 cm³/mol. The minimum Gasteiger partial charge on any atom is -0.495 e. The average Bonchev–Trinajstić information content (AvgIpc) is 2.90. The van der Waals surface area contributed by atoms with Crippen molar-refractivity contribution in [2.75, 3.05) is 7.11 Å². The van der Waals surface area contributed by atoms with E-state index in [1.165, 1.54) is 0 Å². The lowest BCUT2D eigenvalue weighted by Gasteiger charge is -2.11. The van der Waals surface area contributed by atoms with Crippen molar-refractivity contribution in [3.8, 4) is 5.75 Å². The van der Waals surface area contributed by atoms with E-state index >= 15 is 0 Å². The summed E-state index contributed by atoms with van der Waals surface area (Å²) in [6.07, 6.45) is 2.32. The Labute approximate surface area is 110 Å². The second kappa shape index (κ2) is 4.74. The maximum absolute atomic E-state index is 10.4. The summed E-state index contributed by atoms with van der Waals surface area (Å²) in [4.78, 5) is 3.97. The molecule has 2 aromatic heterocycles. The third kappa shape index (κ3) is 2.06. The van der Waals surface area contributed by atoms with Crippen LogP contribution in [0.3, 0.4) is 0 Å². The van der Waals surface area contributed by atoms with Gasteiger partial charge in [-0.1, -0.05) is 18.2 Å². The molecule has 19 heavy (non-hydrogen) atoms. The van der Waals surface area contributed by atoms with Gasteiger partial charge >= 0.3 is 0 Å². The minimum absolute atomic E-state index is 0.491. The molecule has 0 fully saturated rings. The minimum atomic E-state index is -0.870. The third-order valence-electron chi connectivity index (χ3n) is 3.05. The molecule has 3 aromatic rings. The van der Waals surface area contributed by atoms with Gasteiger partial charge in [0.15, 0.2) is 0 Å². The van der Waals surface area contributed by atoms with Gasteiger partial charge < -0.3 is 14.3 Å². The van der Waals surface area contributed by atoms with Crippen LogP contribution in [0.25, 0.3) is 11.0 Å². The Morgan fingerprint density at radius 1 is 1.26 bits per heavy atom. The van der Waals surface area contributed by atoms with Crippen LogP contribution in [0.2, 0.25) is 0 Å². The number of pyridine rings is 1. The number of para-hydroxylation sites is 1. The summed E-state index contributed by atoms with van der Waals surface area (Å²) in [7, 11) is 1.55. The highest BCUT2D eigenvalue weighted by Crippen LogP contribution is 2.32. The normalized spacial score (nSPS) is 12.5. The van der Waals surface area contributed by atoms with Gasteiger partial charge in [0, 0.05) is 17.1 Å². The third-order valence-corrected chi connectivity index (χ3v) is 3.05. The van der Waals surface area contributed by atoms with Crippen LogP contribution >= 0.6 is 0 Å². The van der Waals surface area contributed by atoms with Gasteiger partial charge in [-0.15, -0.1) is 0 Å². The molecule has 96 valence electrons. The van der Waals surface area contributed by atoms with Gasteiger partial charge in [0.25, 0.3) is 0 Å². The van der Waals surface area contributed by atoms with E-state index in [9.17, 15) is 5.11 Å². The molecule has 0 saturated carbocycles. The van der Waals surface area contributed by atoms with Crippen LogP contribution in [0.15, 0.2) is 53.2 Å². The fraction of sp³-hybridized carbons (Fsp3) is 0.133. The molecule has 0 aliphatic rings. The number of aliphatic hydroxyl groups excluding tert-OH is 1. The van der Waals surface area contributed by atoms with Crippen molar-refractivity contribution in [3.63, 3.8) is 0 Å². The molecule has 1 aromatic carbocycles. The van der Waals surface area contributed by atoms with Gasteiger partial charge in [0.1, 0.15) is 23.2 Å². The van der Waals surface area contributed by atoms with Crippen molar-refractivity contribution < 1.29 is 14.3 Å². The first-order chi connectivity index (χ1) is 9.29. The number of furan rings is 1. The maximum Gasteiger partial charge on any atom is 0.143 e. The summed E-state index contributed by atoms with van der Waals surface area (Å²) in [6.45, 7) is 0. The number of benzene rings is 1. The van der Waals surface area contributed by atoms with Gasteiger partial charge in [-0.3, -0.25) is 4.98 Å². The number of fused-ring (bicyclic) bond motifs is 1. The molecule has 1 N–H and O–H groups in total. The molecule has 0 spiro atoms. The average molecular weight is 255 g/mol. The van der Waals surface area contributed by atoms with E-state index < -0.39 is 6.10 Å². The van der Waals surface area contributed by atoms with Gasteiger partial charge in [-0.05, 0) is 18.2 Å². The molecule has 3 rings (SSSR count). The second-order valence-electron chi connectivity index (χ2n) is 4.21. The summed E-state index contributed by atoms with van der Waals surface area (Å²) in [6, 6.07) is 11.2. The molecule has 0 saturated heterocycles. The number of hydrogen-bond donors (Lipinski definition) is 1. The topological polar surface area (TPSA) is 55.5 Å². The van der Waals surface area contributed by atoms with E-state index in [-0.39, 0.29) is 0 Å². The van der Waals surface area contributed by atoms with Crippen LogP contribution < -0.4 is 4.74 Å². The quantitative estimate of drug-likeness (QED) is 0.781. The lowest BCUT2D eigenvalue weighted by molar-refractivity contribution is 0.187. The van der Waals surface area contributed by atoms with Crippen LogP contribution in [0, 0.1) is 0 Å². The van der Waals surface area contributed by atoms with E-state index in [1.54, 1.807) is 25.6 Å². The largest absolute Gasteiger partial charge is 0.495 e. The summed E-state index contributed by atoms with van der Waals surface area (Å²) in [5.74, 6) is 1.03. The summed E-state index contributed by atoms with van der Waals surface area (Å²) in [5.41, 5.74) is 1.39. The molecule has 0 bridgehead atoms. The maximum atomic E-state index is 10.4. The number of rotatable bonds is 3. The monoisotopic (exact) mass is 255 g/mol. The molecule has 0 radical (unpaired) electrons. The molecule has 4 nitrogen and oxygen atoms in total. The number of aromatic nitrogens is 1. The molecule has 1 unspecified atom stereocenters. The molecule has 0 amide bonds. The first kappa shape index (κ1) is 11.7.